The van der Waals surface area contributed by atoms with E-state index in [9.17, 15) is 14.9 Å². The zero-order valence-corrected chi connectivity index (χ0v) is 14.1. The molecule has 2 aromatic heterocycles. The van der Waals surface area contributed by atoms with Crippen LogP contribution in [0.3, 0.4) is 0 Å². The second-order valence-electron chi connectivity index (χ2n) is 6.16. The van der Waals surface area contributed by atoms with Crippen LogP contribution in [-0.2, 0) is 4.79 Å². The lowest BCUT2D eigenvalue weighted by molar-refractivity contribution is -0.385. The first kappa shape index (κ1) is 16.9. The maximum atomic E-state index is 12.3. The largest absolute Gasteiger partial charge is 0.360 e. The third-order valence-electron chi connectivity index (χ3n) is 4.29. The van der Waals surface area contributed by atoms with Crippen LogP contribution in [0.4, 0.5) is 17.3 Å². The highest BCUT2D eigenvalue weighted by Crippen LogP contribution is 2.27. The Labute approximate surface area is 144 Å². The fraction of sp³-hybridized carbons (Fsp3) is 0.438. The zero-order chi connectivity index (χ0) is 18.0. The smallest absolute Gasteiger partial charge is 0.287 e. The Bertz CT molecular complexity index is 796. The van der Waals surface area contributed by atoms with E-state index in [0.717, 1.165) is 11.4 Å². The Morgan fingerprint density at radius 2 is 2.08 bits per heavy atom. The molecule has 1 fully saturated rings. The summed E-state index contributed by atoms with van der Waals surface area (Å²) in [4.78, 5) is 28.9. The van der Waals surface area contributed by atoms with Gasteiger partial charge in [-0.15, -0.1) is 0 Å². The van der Waals surface area contributed by atoms with Crippen molar-refractivity contribution in [3.63, 3.8) is 0 Å². The Morgan fingerprint density at radius 3 is 2.64 bits per heavy atom. The minimum atomic E-state index is -0.452. The number of carbonyl (C=O) groups excluding carboxylic acids is 1. The van der Waals surface area contributed by atoms with Gasteiger partial charge in [0.2, 0.25) is 5.91 Å². The second-order valence-corrected chi connectivity index (χ2v) is 6.16. The number of hydrogen-bond acceptors (Lipinski definition) is 7. The van der Waals surface area contributed by atoms with Crippen LogP contribution in [0.5, 0.6) is 0 Å². The van der Waals surface area contributed by atoms with Crippen LogP contribution in [0.1, 0.15) is 24.2 Å². The van der Waals surface area contributed by atoms with E-state index in [2.05, 4.69) is 20.4 Å². The number of aryl methyl sites for hydroxylation is 2. The molecule has 9 heteroatoms. The molecule has 0 unspecified atom stereocenters. The minimum Gasteiger partial charge on any atom is -0.360 e. The molecule has 0 radical (unpaired) electrons. The molecule has 0 atom stereocenters. The highest BCUT2D eigenvalue weighted by molar-refractivity contribution is 5.91. The molecule has 3 heterocycles. The molecule has 0 aliphatic carbocycles. The van der Waals surface area contributed by atoms with Gasteiger partial charge in [0.25, 0.3) is 5.69 Å². The van der Waals surface area contributed by atoms with Gasteiger partial charge in [0.05, 0.1) is 4.92 Å². The van der Waals surface area contributed by atoms with Crippen molar-refractivity contribution < 1.29 is 14.2 Å². The number of pyridine rings is 1. The molecule has 1 saturated heterocycles. The predicted molar refractivity (Wildman–Crippen MR) is 90.4 cm³/mol. The van der Waals surface area contributed by atoms with Crippen LogP contribution >= 0.6 is 0 Å². The Morgan fingerprint density at radius 1 is 1.36 bits per heavy atom. The first-order valence-electron chi connectivity index (χ1n) is 8.04. The van der Waals surface area contributed by atoms with Gasteiger partial charge in [-0.05, 0) is 32.3 Å². The van der Waals surface area contributed by atoms with Gasteiger partial charge in [-0.1, -0.05) is 5.16 Å². The first-order valence-corrected chi connectivity index (χ1v) is 8.04. The molecule has 132 valence electrons. The van der Waals surface area contributed by atoms with Crippen molar-refractivity contribution >= 4 is 23.2 Å². The van der Waals surface area contributed by atoms with Crippen LogP contribution < -0.4 is 10.2 Å². The number of aromatic nitrogens is 2. The fourth-order valence-corrected chi connectivity index (χ4v) is 2.99. The van der Waals surface area contributed by atoms with Gasteiger partial charge in [0.1, 0.15) is 17.8 Å². The number of nitrogens with one attached hydrogen (secondary N) is 1. The molecule has 0 spiro atoms. The third-order valence-corrected chi connectivity index (χ3v) is 4.29. The summed E-state index contributed by atoms with van der Waals surface area (Å²) in [5, 5.41) is 17.3. The maximum absolute atomic E-state index is 12.3. The summed E-state index contributed by atoms with van der Waals surface area (Å²) in [5.74, 6) is 1.63. The Kier molecular flexibility index (Phi) is 4.64. The van der Waals surface area contributed by atoms with Crippen molar-refractivity contribution in [2.45, 2.75) is 26.7 Å². The number of nitro groups is 1. The fourth-order valence-electron chi connectivity index (χ4n) is 2.99. The summed E-state index contributed by atoms with van der Waals surface area (Å²) in [6.07, 6.45) is 2.63. The van der Waals surface area contributed by atoms with E-state index in [4.69, 9.17) is 4.52 Å². The standard InChI is InChI=1S/C16H19N5O4/c1-10-7-13(21(23)24)9-17-15(10)20-5-3-12(4-6-20)16(22)18-14-8-11(2)25-19-14/h7-9,12H,3-6H2,1-2H3,(H,18,19,22). The van der Waals surface area contributed by atoms with Crippen LogP contribution in [0.2, 0.25) is 0 Å². The molecular formula is C16H19N5O4. The van der Waals surface area contributed by atoms with Crippen LogP contribution in [0.25, 0.3) is 0 Å². The van der Waals surface area contributed by atoms with E-state index in [1.807, 2.05) is 0 Å². The average Bonchev–Trinajstić information content (AvgIpc) is 2.99. The number of anilines is 2. The number of hydrogen-bond donors (Lipinski definition) is 1. The monoisotopic (exact) mass is 345 g/mol. The van der Waals surface area contributed by atoms with Crippen molar-refractivity contribution in [1.29, 1.82) is 0 Å². The average molecular weight is 345 g/mol. The molecular weight excluding hydrogens is 326 g/mol. The molecule has 1 N–H and O–H groups in total. The lowest BCUT2D eigenvalue weighted by Gasteiger charge is -2.32. The van der Waals surface area contributed by atoms with E-state index in [1.54, 1.807) is 19.9 Å². The van der Waals surface area contributed by atoms with Gasteiger partial charge >= 0.3 is 0 Å². The van der Waals surface area contributed by atoms with Crippen LogP contribution in [0.15, 0.2) is 22.9 Å². The SMILES string of the molecule is Cc1cc(NC(=O)C2CCN(c3ncc([N+](=O)[O-])cc3C)CC2)no1. The highest BCUT2D eigenvalue weighted by atomic mass is 16.6. The zero-order valence-electron chi connectivity index (χ0n) is 14.1. The van der Waals surface area contributed by atoms with E-state index in [0.29, 0.717) is 37.5 Å². The van der Waals surface area contributed by atoms with Gasteiger partial charge in [-0.3, -0.25) is 14.9 Å². The number of amides is 1. The Balaban J connectivity index is 1.60. The second kappa shape index (κ2) is 6.88. The molecule has 25 heavy (non-hydrogen) atoms. The summed E-state index contributed by atoms with van der Waals surface area (Å²) in [6, 6.07) is 3.20. The molecule has 1 amide bonds. The molecule has 1 aliphatic heterocycles. The molecule has 0 aromatic carbocycles. The molecule has 0 bridgehead atoms. The van der Waals surface area contributed by atoms with Crippen molar-refractivity contribution in [2.75, 3.05) is 23.3 Å². The van der Waals surface area contributed by atoms with Crippen molar-refractivity contribution in [3.8, 4) is 0 Å². The number of carbonyl (C=O) groups is 1. The summed E-state index contributed by atoms with van der Waals surface area (Å²) >= 11 is 0. The summed E-state index contributed by atoms with van der Waals surface area (Å²) in [6.45, 7) is 4.91. The third kappa shape index (κ3) is 3.76. The molecule has 0 saturated carbocycles. The van der Waals surface area contributed by atoms with E-state index in [1.165, 1.54) is 12.3 Å². The first-order chi connectivity index (χ1) is 11.9. The maximum Gasteiger partial charge on any atom is 0.287 e. The lowest BCUT2D eigenvalue weighted by Crippen LogP contribution is -2.39. The van der Waals surface area contributed by atoms with Crippen molar-refractivity contribution in [2.24, 2.45) is 5.92 Å². The molecule has 9 nitrogen and oxygen atoms in total. The topological polar surface area (TPSA) is 114 Å². The van der Waals surface area contributed by atoms with Gasteiger partial charge < -0.3 is 14.7 Å². The molecule has 1 aliphatic rings. The Hall–Kier alpha value is -2.97. The minimum absolute atomic E-state index is 0.0154. The highest BCUT2D eigenvalue weighted by Gasteiger charge is 2.27. The number of rotatable bonds is 4. The van der Waals surface area contributed by atoms with E-state index in [-0.39, 0.29) is 17.5 Å². The van der Waals surface area contributed by atoms with Gasteiger partial charge in [0, 0.05) is 31.1 Å². The van der Waals surface area contributed by atoms with Gasteiger partial charge in [-0.2, -0.15) is 0 Å². The van der Waals surface area contributed by atoms with Gasteiger partial charge in [-0.25, -0.2) is 4.98 Å². The summed E-state index contributed by atoms with van der Waals surface area (Å²) in [5.41, 5.74) is 0.744. The molecule has 2 aromatic rings. The van der Waals surface area contributed by atoms with Gasteiger partial charge in [0.15, 0.2) is 5.82 Å². The van der Waals surface area contributed by atoms with Crippen molar-refractivity contribution in [1.82, 2.24) is 10.1 Å². The normalized spacial score (nSPS) is 15.2. The predicted octanol–water partition coefficient (Wildman–Crippen LogP) is 2.45. The van der Waals surface area contributed by atoms with E-state index >= 15 is 0 Å². The van der Waals surface area contributed by atoms with Crippen LogP contribution in [-0.4, -0.2) is 34.1 Å². The number of nitrogens with zero attached hydrogens (tertiary/aromatic N) is 4. The van der Waals surface area contributed by atoms with Crippen LogP contribution in [0, 0.1) is 29.9 Å². The summed E-state index contributed by atoms with van der Waals surface area (Å²) in [7, 11) is 0. The summed E-state index contributed by atoms with van der Waals surface area (Å²) < 4.78 is 4.94. The van der Waals surface area contributed by atoms with Crippen molar-refractivity contribution in [3.05, 3.63) is 39.8 Å². The molecule has 3 rings (SSSR count). The number of piperidine rings is 1. The quantitative estimate of drug-likeness (QED) is 0.668. The lowest BCUT2D eigenvalue weighted by atomic mass is 9.95. The van der Waals surface area contributed by atoms with E-state index < -0.39 is 4.92 Å².